The van der Waals surface area contributed by atoms with E-state index >= 15 is 0 Å². The molecule has 0 aromatic rings. The lowest BCUT2D eigenvalue weighted by Gasteiger charge is -2.28. The zero-order valence-corrected chi connectivity index (χ0v) is 10.3. The summed E-state index contributed by atoms with van der Waals surface area (Å²) in [6.07, 6.45) is 1.77. The van der Waals surface area contributed by atoms with Gasteiger partial charge >= 0.3 is 0 Å². The van der Waals surface area contributed by atoms with Gasteiger partial charge in [0.05, 0.1) is 22.2 Å². The molecule has 0 aromatic heterocycles. The first kappa shape index (κ1) is 10.1. The van der Waals surface area contributed by atoms with Crippen molar-refractivity contribution in [2.24, 2.45) is 0 Å². The molecular formula is C8H11Br2NO. The van der Waals surface area contributed by atoms with Crippen molar-refractivity contribution in [1.82, 2.24) is 4.90 Å². The Bertz CT molecular complexity index is 235. The molecule has 0 fully saturated rings. The van der Waals surface area contributed by atoms with Crippen LogP contribution in [-0.2, 0) is 4.74 Å². The third-order valence-corrected chi connectivity index (χ3v) is 2.86. The van der Waals surface area contributed by atoms with E-state index in [1.807, 2.05) is 13.8 Å². The summed E-state index contributed by atoms with van der Waals surface area (Å²) in [5, 5.41) is 0.756. The van der Waals surface area contributed by atoms with Crippen LogP contribution in [0.3, 0.4) is 0 Å². The molecule has 1 rings (SSSR count). The van der Waals surface area contributed by atoms with Crippen LogP contribution in [0.2, 0.25) is 0 Å². The van der Waals surface area contributed by atoms with Gasteiger partial charge in [-0.3, -0.25) is 0 Å². The second-order valence-corrected chi connectivity index (χ2v) is 3.63. The van der Waals surface area contributed by atoms with Crippen LogP contribution in [-0.4, -0.2) is 15.7 Å². The molecule has 12 heavy (non-hydrogen) atoms. The molecule has 1 heterocycles. The fourth-order valence-electron chi connectivity index (χ4n) is 1.03. The second kappa shape index (κ2) is 4.33. The number of allylic oxidation sites excluding steroid dienone is 3. The number of hydrogen-bond acceptors (Lipinski definition) is 2. The summed E-state index contributed by atoms with van der Waals surface area (Å²) in [5.41, 5.74) is 3.08. The number of halogens is 2. The van der Waals surface area contributed by atoms with E-state index in [1.54, 1.807) is 6.26 Å². The highest BCUT2D eigenvalue weighted by atomic mass is 79.9. The molecule has 68 valence electrons. The standard InChI is InChI=1S/C8H11Br2NO/c1-6-4-12-8(3-9)7(2)11(6)5-10/h4H,3,5H2,1-2H3. The summed E-state index contributed by atoms with van der Waals surface area (Å²) in [4.78, 5) is 2.15. The molecule has 4 heteroatoms. The Kier molecular flexibility index (Phi) is 3.65. The molecule has 2 nitrogen and oxygen atoms in total. The summed E-state index contributed by atoms with van der Waals surface area (Å²) in [5.74, 6) is 0.972. The smallest absolute Gasteiger partial charge is 0.133 e. The van der Waals surface area contributed by atoms with Crippen LogP contribution in [0.15, 0.2) is 23.4 Å². The van der Waals surface area contributed by atoms with Crippen molar-refractivity contribution in [3.8, 4) is 0 Å². The Morgan fingerprint density at radius 2 is 2.08 bits per heavy atom. The quantitative estimate of drug-likeness (QED) is 0.573. The molecule has 0 spiro atoms. The van der Waals surface area contributed by atoms with E-state index < -0.39 is 0 Å². The Morgan fingerprint density at radius 1 is 1.42 bits per heavy atom. The number of rotatable bonds is 2. The number of ether oxygens (including phenoxy) is 1. The lowest BCUT2D eigenvalue weighted by molar-refractivity contribution is 0.286. The fourth-order valence-corrected chi connectivity index (χ4v) is 2.34. The Morgan fingerprint density at radius 3 is 2.58 bits per heavy atom. The van der Waals surface area contributed by atoms with E-state index in [9.17, 15) is 0 Å². The molecule has 1 aliphatic heterocycles. The minimum Gasteiger partial charge on any atom is -0.465 e. The van der Waals surface area contributed by atoms with Crippen molar-refractivity contribution in [3.63, 3.8) is 0 Å². The monoisotopic (exact) mass is 295 g/mol. The van der Waals surface area contributed by atoms with Gasteiger partial charge in [0.15, 0.2) is 0 Å². The van der Waals surface area contributed by atoms with Gasteiger partial charge in [0.2, 0.25) is 0 Å². The van der Waals surface area contributed by atoms with Crippen molar-refractivity contribution in [3.05, 3.63) is 23.4 Å². The van der Waals surface area contributed by atoms with Gasteiger partial charge in [-0.05, 0) is 13.8 Å². The normalized spacial score (nSPS) is 17.7. The third kappa shape index (κ3) is 1.85. The van der Waals surface area contributed by atoms with Crippen LogP contribution < -0.4 is 0 Å². The molecule has 0 atom stereocenters. The summed E-state index contributed by atoms with van der Waals surface area (Å²) < 4.78 is 5.39. The van der Waals surface area contributed by atoms with Gasteiger partial charge in [-0.2, -0.15) is 0 Å². The molecule has 0 radical (unpaired) electrons. The maximum Gasteiger partial charge on any atom is 0.133 e. The maximum atomic E-state index is 5.39. The highest BCUT2D eigenvalue weighted by molar-refractivity contribution is 9.09. The van der Waals surface area contributed by atoms with Gasteiger partial charge in [0, 0.05) is 0 Å². The van der Waals surface area contributed by atoms with Gasteiger partial charge in [-0.25, -0.2) is 0 Å². The van der Waals surface area contributed by atoms with E-state index in [0.29, 0.717) is 0 Å². The summed E-state index contributed by atoms with van der Waals surface area (Å²) in [6, 6.07) is 0. The zero-order chi connectivity index (χ0) is 9.14. The van der Waals surface area contributed by atoms with Crippen LogP contribution in [0, 0.1) is 0 Å². The highest BCUT2D eigenvalue weighted by Gasteiger charge is 2.16. The van der Waals surface area contributed by atoms with Crippen LogP contribution in [0.25, 0.3) is 0 Å². The lowest BCUT2D eigenvalue weighted by atomic mass is 10.3. The first-order chi connectivity index (χ1) is 5.70. The Labute approximate surface area is 89.5 Å². The molecule has 0 unspecified atom stereocenters. The topological polar surface area (TPSA) is 12.5 Å². The van der Waals surface area contributed by atoms with Crippen LogP contribution in [0.4, 0.5) is 0 Å². The molecule has 0 amide bonds. The molecule has 0 aliphatic carbocycles. The van der Waals surface area contributed by atoms with Crippen molar-refractivity contribution in [2.45, 2.75) is 13.8 Å². The first-order valence-electron chi connectivity index (χ1n) is 3.63. The van der Waals surface area contributed by atoms with E-state index in [-0.39, 0.29) is 0 Å². The van der Waals surface area contributed by atoms with Gasteiger partial charge in [0.25, 0.3) is 0 Å². The van der Waals surface area contributed by atoms with Crippen LogP contribution in [0.5, 0.6) is 0 Å². The summed E-state index contributed by atoms with van der Waals surface area (Å²) in [6.45, 7) is 4.07. The minimum absolute atomic E-state index is 0.756. The summed E-state index contributed by atoms with van der Waals surface area (Å²) >= 11 is 6.80. The van der Waals surface area contributed by atoms with E-state index in [2.05, 4.69) is 36.8 Å². The third-order valence-electron chi connectivity index (χ3n) is 1.85. The molecule has 1 aliphatic rings. The first-order valence-corrected chi connectivity index (χ1v) is 5.87. The molecule has 0 saturated heterocycles. The van der Waals surface area contributed by atoms with Crippen LogP contribution in [0.1, 0.15) is 13.8 Å². The van der Waals surface area contributed by atoms with Crippen molar-refractivity contribution in [1.29, 1.82) is 0 Å². The van der Waals surface area contributed by atoms with E-state index in [0.717, 1.165) is 27.9 Å². The predicted molar refractivity (Wildman–Crippen MR) is 57.0 cm³/mol. The average molecular weight is 297 g/mol. The van der Waals surface area contributed by atoms with E-state index in [4.69, 9.17) is 4.74 Å². The Hall–Kier alpha value is 0.0400. The minimum atomic E-state index is 0.756. The van der Waals surface area contributed by atoms with Crippen molar-refractivity contribution < 1.29 is 4.74 Å². The zero-order valence-electron chi connectivity index (χ0n) is 7.10. The van der Waals surface area contributed by atoms with Gasteiger partial charge < -0.3 is 9.64 Å². The van der Waals surface area contributed by atoms with Crippen molar-refractivity contribution >= 4 is 31.9 Å². The summed E-state index contributed by atoms with van der Waals surface area (Å²) in [7, 11) is 0. The molecule has 0 aromatic carbocycles. The number of nitrogens with zero attached hydrogens (tertiary/aromatic N) is 1. The van der Waals surface area contributed by atoms with Crippen LogP contribution >= 0.6 is 31.9 Å². The fraction of sp³-hybridized carbons (Fsp3) is 0.500. The number of alkyl halides is 2. The predicted octanol–water partition coefficient (Wildman–Crippen LogP) is 3.16. The molecule has 0 N–H and O–H groups in total. The van der Waals surface area contributed by atoms with Gasteiger partial charge in [-0.15, -0.1) is 0 Å². The van der Waals surface area contributed by atoms with Gasteiger partial charge in [-0.1, -0.05) is 31.9 Å². The maximum absolute atomic E-state index is 5.39. The Balaban J connectivity index is 2.87. The van der Waals surface area contributed by atoms with E-state index in [1.165, 1.54) is 0 Å². The number of hydrogen-bond donors (Lipinski definition) is 0. The second-order valence-electron chi connectivity index (χ2n) is 2.57. The lowest BCUT2D eigenvalue weighted by Crippen LogP contribution is -2.23. The molecular weight excluding hydrogens is 286 g/mol. The average Bonchev–Trinajstić information content (AvgIpc) is 2.06. The highest BCUT2D eigenvalue weighted by Crippen LogP contribution is 2.24. The molecule has 0 bridgehead atoms. The van der Waals surface area contributed by atoms with Crippen molar-refractivity contribution in [2.75, 3.05) is 10.8 Å². The van der Waals surface area contributed by atoms with Gasteiger partial charge in [0.1, 0.15) is 12.0 Å². The molecule has 0 saturated carbocycles. The largest absolute Gasteiger partial charge is 0.465 e. The SMILES string of the molecule is CC1=COC(CBr)=C(C)N1CBr.